The van der Waals surface area contributed by atoms with Gasteiger partial charge in [-0.05, 0) is 26.0 Å². The minimum atomic E-state index is -0.251. The van der Waals surface area contributed by atoms with Crippen molar-refractivity contribution in [1.82, 2.24) is 24.5 Å². The highest BCUT2D eigenvalue weighted by Crippen LogP contribution is 2.12. The zero-order valence-corrected chi connectivity index (χ0v) is 12.2. The molecule has 3 heterocycles. The van der Waals surface area contributed by atoms with E-state index in [9.17, 15) is 4.79 Å². The first kappa shape index (κ1) is 13.9. The van der Waals surface area contributed by atoms with Crippen LogP contribution in [0.15, 0.2) is 43.2 Å². The van der Waals surface area contributed by atoms with Crippen molar-refractivity contribution in [1.29, 1.82) is 0 Å². The molecule has 7 nitrogen and oxygen atoms in total. The molecule has 0 fully saturated rings. The molecule has 1 amide bonds. The third-order valence-corrected chi connectivity index (χ3v) is 3.29. The van der Waals surface area contributed by atoms with Crippen LogP contribution in [0, 0.1) is 13.8 Å². The molecule has 0 bridgehead atoms. The van der Waals surface area contributed by atoms with Gasteiger partial charge in [0.1, 0.15) is 6.33 Å². The predicted molar refractivity (Wildman–Crippen MR) is 80.8 cm³/mol. The van der Waals surface area contributed by atoms with E-state index in [0.29, 0.717) is 17.2 Å². The van der Waals surface area contributed by atoms with Crippen LogP contribution in [0.25, 0.3) is 5.95 Å². The molecule has 1 N–H and O–H groups in total. The van der Waals surface area contributed by atoms with E-state index in [2.05, 4.69) is 25.3 Å². The molecule has 0 radical (unpaired) electrons. The molecule has 0 unspecified atom stereocenters. The quantitative estimate of drug-likeness (QED) is 0.797. The molecular formula is C15H14N6O. The molecule has 0 aliphatic heterocycles. The van der Waals surface area contributed by atoms with Gasteiger partial charge in [-0.2, -0.15) is 0 Å². The second-order valence-electron chi connectivity index (χ2n) is 4.75. The van der Waals surface area contributed by atoms with Crippen molar-refractivity contribution < 1.29 is 4.79 Å². The van der Waals surface area contributed by atoms with E-state index >= 15 is 0 Å². The number of rotatable bonds is 3. The molecule has 0 aromatic carbocycles. The smallest absolute Gasteiger partial charge is 0.257 e. The van der Waals surface area contributed by atoms with Crippen molar-refractivity contribution in [3.8, 4) is 5.95 Å². The van der Waals surface area contributed by atoms with Gasteiger partial charge in [-0.15, -0.1) is 0 Å². The Labute approximate surface area is 127 Å². The van der Waals surface area contributed by atoms with Crippen molar-refractivity contribution >= 4 is 11.6 Å². The molecule has 0 aliphatic carbocycles. The van der Waals surface area contributed by atoms with E-state index in [0.717, 1.165) is 11.4 Å². The Morgan fingerprint density at radius 1 is 1.14 bits per heavy atom. The summed E-state index contributed by atoms with van der Waals surface area (Å²) in [6.07, 6.45) is 7.91. The first-order chi connectivity index (χ1) is 10.6. The minimum Gasteiger partial charge on any atom is -0.319 e. The van der Waals surface area contributed by atoms with Crippen molar-refractivity contribution in [2.75, 3.05) is 5.32 Å². The Morgan fingerprint density at radius 2 is 1.91 bits per heavy atom. The van der Waals surface area contributed by atoms with E-state index in [4.69, 9.17) is 0 Å². The average Bonchev–Trinajstić information content (AvgIpc) is 2.89. The van der Waals surface area contributed by atoms with Gasteiger partial charge in [0.15, 0.2) is 0 Å². The molecule has 3 aromatic rings. The lowest BCUT2D eigenvalue weighted by atomic mass is 10.2. The van der Waals surface area contributed by atoms with Crippen molar-refractivity contribution in [2.45, 2.75) is 13.8 Å². The number of amides is 1. The molecule has 7 heteroatoms. The average molecular weight is 294 g/mol. The van der Waals surface area contributed by atoms with Crippen LogP contribution < -0.4 is 5.32 Å². The molecule has 0 saturated heterocycles. The van der Waals surface area contributed by atoms with Gasteiger partial charge in [-0.25, -0.2) is 15.0 Å². The van der Waals surface area contributed by atoms with Crippen LogP contribution in [0.1, 0.15) is 21.7 Å². The second kappa shape index (κ2) is 5.72. The number of aromatic nitrogens is 5. The zero-order valence-electron chi connectivity index (χ0n) is 12.2. The van der Waals surface area contributed by atoms with Gasteiger partial charge in [0, 0.05) is 18.1 Å². The maximum atomic E-state index is 12.0. The summed E-state index contributed by atoms with van der Waals surface area (Å²) in [6.45, 7) is 3.87. The largest absolute Gasteiger partial charge is 0.319 e. The number of nitrogens with one attached hydrogen (secondary N) is 1. The van der Waals surface area contributed by atoms with Gasteiger partial charge in [0.2, 0.25) is 5.95 Å². The van der Waals surface area contributed by atoms with Crippen LogP contribution in [-0.4, -0.2) is 30.4 Å². The number of hydrogen-bond acceptors (Lipinski definition) is 5. The molecule has 3 rings (SSSR count). The second-order valence-corrected chi connectivity index (χ2v) is 4.75. The molecule has 110 valence electrons. The van der Waals surface area contributed by atoms with Gasteiger partial charge in [-0.1, -0.05) is 0 Å². The fraction of sp³-hybridized carbons (Fsp3) is 0.133. The summed E-state index contributed by atoms with van der Waals surface area (Å²) >= 11 is 0. The number of hydrogen-bond donors (Lipinski definition) is 1. The number of nitrogens with zero attached hydrogens (tertiary/aromatic N) is 5. The third kappa shape index (κ3) is 2.69. The number of carbonyl (C=O) groups is 1. The summed E-state index contributed by atoms with van der Waals surface area (Å²) in [6, 6.07) is 3.40. The van der Waals surface area contributed by atoms with Gasteiger partial charge in [0.25, 0.3) is 5.91 Å². The van der Waals surface area contributed by atoms with E-state index in [1.54, 1.807) is 41.6 Å². The highest BCUT2D eigenvalue weighted by molar-refractivity contribution is 6.03. The van der Waals surface area contributed by atoms with Crippen molar-refractivity contribution in [3.05, 3.63) is 60.2 Å². The number of imidazole rings is 1. The first-order valence-electron chi connectivity index (χ1n) is 6.69. The highest BCUT2D eigenvalue weighted by Gasteiger charge is 2.09. The number of carbonyl (C=O) groups excluding carboxylic acids is 1. The molecule has 0 saturated carbocycles. The number of anilines is 1. The lowest BCUT2D eigenvalue weighted by Gasteiger charge is -2.06. The van der Waals surface area contributed by atoms with E-state index < -0.39 is 0 Å². The Kier molecular flexibility index (Phi) is 3.61. The summed E-state index contributed by atoms with van der Waals surface area (Å²) < 4.78 is 1.79. The summed E-state index contributed by atoms with van der Waals surface area (Å²) in [7, 11) is 0. The normalized spacial score (nSPS) is 10.5. The Balaban J connectivity index is 1.77. The van der Waals surface area contributed by atoms with Gasteiger partial charge in [-0.3, -0.25) is 14.3 Å². The van der Waals surface area contributed by atoms with Crippen LogP contribution in [0.4, 0.5) is 5.69 Å². The van der Waals surface area contributed by atoms with Crippen LogP contribution in [0.5, 0.6) is 0 Å². The Hall–Kier alpha value is -3.09. The lowest BCUT2D eigenvalue weighted by Crippen LogP contribution is -2.13. The van der Waals surface area contributed by atoms with E-state index in [1.807, 2.05) is 13.8 Å². The Bertz CT molecular complexity index is 795. The highest BCUT2D eigenvalue weighted by atomic mass is 16.1. The van der Waals surface area contributed by atoms with Crippen LogP contribution in [0.2, 0.25) is 0 Å². The predicted octanol–water partition coefficient (Wildman–Crippen LogP) is 1.93. The maximum Gasteiger partial charge on any atom is 0.257 e. The van der Waals surface area contributed by atoms with Crippen LogP contribution in [0.3, 0.4) is 0 Å². The lowest BCUT2D eigenvalue weighted by molar-refractivity contribution is 0.102. The van der Waals surface area contributed by atoms with Crippen molar-refractivity contribution in [2.24, 2.45) is 0 Å². The third-order valence-electron chi connectivity index (χ3n) is 3.29. The fourth-order valence-corrected chi connectivity index (χ4v) is 1.91. The molecule has 0 atom stereocenters. The summed E-state index contributed by atoms with van der Waals surface area (Å²) in [5.41, 5.74) is 2.91. The number of aryl methyl sites for hydroxylation is 1. The zero-order chi connectivity index (χ0) is 15.5. The summed E-state index contributed by atoms with van der Waals surface area (Å²) in [4.78, 5) is 28.6. The molecule has 0 spiro atoms. The minimum absolute atomic E-state index is 0.251. The maximum absolute atomic E-state index is 12.0. The monoisotopic (exact) mass is 294 g/mol. The van der Waals surface area contributed by atoms with E-state index in [1.165, 1.54) is 6.20 Å². The first-order valence-corrected chi connectivity index (χ1v) is 6.69. The standard InChI is InChI=1S/C15H14N6O/c1-10-11(2)21(9-19-10)15-17-7-13(8-18-15)20-14(22)12-4-3-5-16-6-12/h3-9H,1-2H3,(H,20,22). The fourth-order valence-electron chi connectivity index (χ4n) is 1.91. The summed E-state index contributed by atoms with van der Waals surface area (Å²) in [5, 5.41) is 2.73. The van der Waals surface area contributed by atoms with Crippen LogP contribution >= 0.6 is 0 Å². The van der Waals surface area contributed by atoms with Gasteiger partial charge >= 0.3 is 0 Å². The molecule has 0 aliphatic rings. The number of pyridine rings is 1. The SMILES string of the molecule is Cc1ncn(-c2ncc(NC(=O)c3cccnc3)cn2)c1C. The van der Waals surface area contributed by atoms with Gasteiger partial charge in [0.05, 0.1) is 29.3 Å². The molecule has 3 aromatic heterocycles. The van der Waals surface area contributed by atoms with Crippen molar-refractivity contribution in [3.63, 3.8) is 0 Å². The summed E-state index contributed by atoms with van der Waals surface area (Å²) in [5.74, 6) is 0.261. The molecular weight excluding hydrogens is 280 g/mol. The van der Waals surface area contributed by atoms with Gasteiger partial charge < -0.3 is 5.32 Å². The van der Waals surface area contributed by atoms with Crippen LogP contribution in [-0.2, 0) is 0 Å². The Morgan fingerprint density at radius 3 is 2.50 bits per heavy atom. The molecule has 22 heavy (non-hydrogen) atoms. The van der Waals surface area contributed by atoms with E-state index in [-0.39, 0.29) is 5.91 Å². The topological polar surface area (TPSA) is 85.6 Å².